The van der Waals surface area contributed by atoms with Crippen LogP contribution in [0.1, 0.15) is 11.1 Å². The molecule has 1 aromatic heterocycles. The molecule has 0 aliphatic rings. The average molecular weight is 254 g/mol. The molecule has 0 bridgehead atoms. The van der Waals surface area contributed by atoms with Gasteiger partial charge in [-0.15, -0.1) is 0 Å². The van der Waals surface area contributed by atoms with Gasteiger partial charge in [0.05, 0.1) is 0 Å². The molecule has 0 saturated carbocycles. The van der Waals surface area contributed by atoms with Crippen LogP contribution in [-0.4, -0.2) is 5.11 Å². The van der Waals surface area contributed by atoms with Crippen molar-refractivity contribution in [2.45, 2.75) is 13.1 Å². The van der Waals surface area contributed by atoms with Crippen LogP contribution in [0.4, 0.5) is 0 Å². The SMILES string of the molecule is Oc1cccc(Cl)c1CNCc1ccsc1. The molecule has 4 heteroatoms. The van der Waals surface area contributed by atoms with Gasteiger partial charge in [-0.1, -0.05) is 17.7 Å². The highest BCUT2D eigenvalue weighted by atomic mass is 35.5. The Bertz CT molecular complexity index is 436. The Kier molecular flexibility index (Phi) is 3.83. The summed E-state index contributed by atoms with van der Waals surface area (Å²) in [6.07, 6.45) is 0. The third-order valence-corrected chi connectivity index (χ3v) is 3.39. The Hall–Kier alpha value is -1.03. The lowest BCUT2D eigenvalue weighted by Gasteiger charge is -2.07. The van der Waals surface area contributed by atoms with E-state index in [2.05, 4.69) is 16.8 Å². The number of halogens is 1. The smallest absolute Gasteiger partial charge is 0.121 e. The fourth-order valence-electron chi connectivity index (χ4n) is 1.45. The minimum atomic E-state index is 0.241. The summed E-state index contributed by atoms with van der Waals surface area (Å²) < 4.78 is 0. The second-order valence-electron chi connectivity index (χ2n) is 3.47. The molecule has 2 rings (SSSR count). The molecule has 1 heterocycles. The molecule has 0 radical (unpaired) electrons. The van der Waals surface area contributed by atoms with Crippen molar-refractivity contribution in [3.63, 3.8) is 0 Å². The maximum absolute atomic E-state index is 9.63. The van der Waals surface area contributed by atoms with E-state index in [0.29, 0.717) is 11.6 Å². The largest absolute Gasteiger partial charge is 0.508 e. The Morgan fingerprint density at radius 3 is 2.81 bits per heavy atom. The van der Waals surface area contributed by atoms with Crippen molar-refractivity contribution in [1.29, 1.82) is 0 Å². The zero-order valence-corrected chi connectivity index (χ0v) is 10.2. The lowest BCUT2D eigenvalue weighted by Crippen LogP contribution is -2.12. The molecular formula is C12H12ClNOS. The van der Waals surface area contributed by atoms with Gasteiger partial charge in [0.25, 0.3) is 0 Å². The highest BCUT2D eigenvalue weighted by molar-refractivity contribution is 7.07. The van der Waals surface area contributed by atoms with Gasteiger partial charge in [0.2, 0.25) is 0 Å². The van der Waals surface area contributed by atoms with Crippen LogP contribution in [0.15, 0.2) is 35.0 Å². The van der Waals surface area contributed by atoms with Gasteiger partial charge in [-0.25, -0.2) is 0 Å². The maximum atomic E-state index is 9.63. The minimum absolute atomic E-state index is 0.241. The predicted molar refractivity (Wildman–Crippen MR) is 68.0 cm³/mol. The van der Waals surface area contributed by atoms with E-state index in [-0.39, 0.29) is 5.75 Å². The third kappa shape index (κ3) is 2.76. The van der Waals surface area contributed by atoms with Gasteiger partial charge >= 0.3 is 0 Å². The van der Waals surface area contributed by atoms with Gasteiger partial charge in [-0.05, 0) is 34.5 Å². The van der Waals surface area contributed by atoms with Crippen LogP contribution in [0.2, 0.25) is 5.02 Å². The Balaban J connectivity index is 1.95. The summed E-state index contributed by atoms with van der Waals surface area (Å²) >= 11 is 7.67. The first-order valence-electron chi connectivity index (χ1n) is 4.95. The summed E-state index contributed by atoms with van der Waals surface area (Å²) in [6.45, 7) is 1.36. The van der Waals surface area contributed by atoms with E-state index >= 15 is 0 Å². The number of thiophene rings is 1. The zero-order valence-electron chi connectivity index (χ0n) is 8.61. The van der Waals surface area contributed by atoms with Crippen molar-refractivity contribution < 1.29 is 5.11 Å². The standard InChI is InChI=1S/C12H12ClNOS/c13-11-2-1-3-12(15)10(11)7-14-6-9-4-5-16-8-9/h1-5,8,14-15H,6-7H2. The fraction of sp³-hybridized carbons (Fsp3) is 0.167. The number of benzene rings is 1. The molecule has 0 aliphatic carbocycles. The lowest BCUT2D eigenvalue weighted by molar-refractivity contribution is 0.464. The number of rotatable bonds is 4. The van der Waals surface area contributed by atoms with Crippen LogP contribution < -0.4 is 5.32 Å². The maximum Gasteiger partial charge on any atom is 0.121 e. The summed E-state index contributed by atoms with van der Waals surface area (Å²) in [7, 11) is 0. The van der Waals surface area contributed by atoms with Crippen LogP contribution in [0.5, 0.6) is 5.75 Å². The van der Waals surface area contributed by atoms with Crippen molar-refractivity contribution in [1.82, 2.24) is 5.32 Å². The molecule has 16 heavy (non-hydrogen) atoms. The number of phenolic OH excluding ortho intramolecular Hbond substituents is 1. The quantitative estimate of drug-likeness (QED) is 0.875. The van der Waals surface area contributed by atoms with Crippen molar-refractivity contribution in [2.24, 2.45) is 0 Å². The van der Waals surface area contributed by atoms with Crippen LogP contribution in [0.25, 0.3) is 0 Å². The normalized spacial score (nSPS) is 10.6. The van der Waals surface area contributed by atoms with Crippen molar-refractivity contribution in [3.05, 3.63) is 51.2 Å². The molecule has 84 valence electrons. The molecule has 0 spiro atoms. The molecule has 0 aliphatic heterocycles. The van der Waals surface area contributed by atoms with E-state index in [1.54, 1.807) is 29.5 Å². The Morgan fingerprint density at radius 2 is 2.12 bits per heavy atom. The van der Waals surface area contributed by atoms with Crippen LogP contribution in [0, 0.1) is 0 Å². The van der Waals surface area contributed by atoms with E-state index in [4.69, 9.17) is 11.6 Å². The number of hydrogen-bond acceptors (Lipinski definition) is 3. The number of nitrogens with one attached hydrogen (secondary N) is 1. The molecule has 0 saturated heterocycles. The molecule has 0 fully saturated rings. The van der Waals surface area contributed by atoms with Crippen molar-refractivity contribution in [2.75, 3.05) is 0 Å². The van der Waals surface area contributed by atoms with Gasteiger partial charge < -0.3 is 10.4 Å². The highest BCUT2D eigenvalue weighted by Crippen LogP contribution is 2.24. The van der Waals surface area contributed by atoms with Crippen molar-refractivity contribution in [3.8, 4) is 5.75 Å². The summed E-state index contributed by atoms with van der Waals surface area (Å²) in [5.74, 6) is 0.241. The molecule has 1 aromatic carbocycles. The fourth-order valence-corrected chi connectivity index (χ4v) is 2.35. The van der Waals surface area contributed by atoms with E-state index in [0.717, 1.165) is 12.1 Å². The summed E-state index contributed by atoms with van der Waals surface area (Å²) in [5, 5.41) is 17.6. The van der Waals surface area contributed by atoms with Gasteiger partial charge in [0.1, 0.15) is 5.75 Å². The van der Waals surface area contributed by atoms with Crippen LogP contribution in [0.3, 0.4) is 0 Å². The average Bonchev–Trinajstić information content (AvgIpc) is 2.75. The summed E-state index contributed by atoms with van der Waals surface area (Å²) in [4.78, 5) is 0. The van der Waals surface area contributed by atoms with E-state index in [1.807, 2.05) is 5.38 Å². The number of hydrogen-bond donors (Lipinski definition) is 2. The monoisotopic (exact) mass is 253 g/mol. The topological polar surface area (TPSA) is 32.3 Å². The first-order chi connectivity index (χ1) is 7.77. The minimum Gasteiger partial charge on any atom is -0.508 e. The second kappa shape index (κ2) is 5.34. The van der Waals surface area contributed by atoms with Gasteiger partial charge in [0, 0.05) is 23.7 Å². The van der Waals surface area contributed by atoms with E-state index in [1.165, 1.54) is 5.56 Å². The third-order valence-electron chi connectivity index (χ3n) is 2.31. The number of phenols is 1. The Labute approximate surface area is 104 Å². The first-order valence-corrected chi connectivity index (χ1v) is 6.27. The Morgan fingerprint density at radius 1 is 1.25 bits per heavy atom. The summed E-state index contributed by atoms with van der Waals surface area (Å²) in [6, 6.07) is 7.24. The van der Waals surface area contributed by atoms with Gasteiger partial charge in [0.15, 0.2) is 0 Å². The molecular weight excluding hydrogens is 242 g/mol. The zero-order chi connectivity index (χ0) is 11.4. The lowest BCUT2D eigenvalue weighted by atomic mass is 10.2. The summed E-state index contributed by atoms with van der Waals surface area (Å²) in [5.41, 5.74) is 2.00. The molecule has 0 atom stereocenters. The van der Waals surface area contributed by atoms with Crippen LogP contribution >= 0.6 is 22.9 Å². The molecule has 0 amide bonds. The number of aromatic hydroxyl groups is 1. The molecule has 0 unspecified atom stereocenters. The van der Waals surface area contributed by atoms with E-state index in [9.17, 15) is 5.11 Å². The van der Waals surface area contributed by atoms with E-state index < -0.39 is 0 Å². The van der Waals surface area contributed by atoms with Gasteiger partial charge in [-0.3, -0.25) is 0 Å². The molecule has 2 nitrogen and oxygen atoms in total. The highest BCUT2D eigenvalue weighted by Gasteiger charge is 2.05. The predicted octanol–water partition coefficient (Wildman–Crippen LogP) is 3.40. The van der Waals surface area contributed by atoms with Gasteiger partial charge in [-0.2, -0.15) is 11.3 Å². The van der Waals surface area contributed by atoms with Crippen molar-refractivity contribution >= 4 is 22.9 Å². The second-order valence-corrected chi connectivity index (χ2v) is 4.66. The first kappa shape index (κ1) is 11.5. The van der Waals surface area contributed by atoms with Crippen LogP contribution in [-0.2, 0) is 13.1 Å². The molecule has 2 aromatic rings. The molecule has 2 N–H and O–H groups in total.